The molecule has 0 radical (unpaired) electrons. The number of ether oxygens (including phenoxy) is 2. The SMILES string of the molecule is Cc1ccccc1NC(=O)C(C)OC(=O)c1cccc(OCc2ccc(F)cc2)c1. The zero-order valence-electron chi connectivity index (χ0n) is 16.7. The summed E-state index contributed by atoms with van der Waals surface area (Å²) in [5.41, 5.74) is 2.64. The van der Waals surface area contributed by atoms with Crippen LogP contribution >= 0.6 is 0 Å². The number of amides is 1. The molecule has 0 saturated carbocycles. The van der Waals surface area contributed by atoms with Crippen molar-refractivity contribution in [3.05, 3.63) is 95.3 Å². The third-order valence-corrected chi connectivity index (χ3v) is 4.44. The quantitative estimate of drug-likeness (QED) is 0.566. The lowest BCUT2D eigenvalue weighted by atomic mass is 10.2. The van der Waals surface area contributed by atoms with Gasteiger partial charge in [0.05, 0.1) is 5.56 Å². The fourth-order valence-electron chi connectivity index (χ4n) is 2.69. The summed E-state index contributed by atoms with van der Waals surface area (Å²) in [7, 11) is 0. The molecule has 0 aliphatic carbocycles. The maximum atomic E-state index is 13.0. The van der Waals surface area contributed by atoms with Crippen LogP contribution in [0.1, 0.15) is 28.4 Å². The molecule has 154 valence electrons. The van der Waals surface area contributed by atoms with Gasteiger partial charge in [0.1, 0.15) is 18.2 Å². The van der Waals surface area contributed by atoms with Crippen molar-refractivity contribution in [3.63, 3.8) is 0 Å². The highest BCUT2D eigenvalue weighted by atomic mass is 19.1. The van der Waals surface area contributed by atoms with Gasteiger partial charge in [-0.25, -0.2) is 9.18 Å². The molecule has 1 atom stereocenters. The fourth-order valence-corrected chi connectivity index (χ4v) is 2.69. The van der Waals surface area contributed by atoms with Crippen LogP contribution in [-0.4, -0.2) is 18.0 Å². The average molecular weight is 407 g/mol. The van der Waals surface area contributed by atoms with Crippen molar-refractivity contribution in [3.8, 4) is 5.75 Å². The lowest BCUT2D eigenvalue weighted by Crippen LogP contribution is -2.30. The van der Waals surface area contributed by atoms with Crippen molar-refractivity contribution >= 4 is 17.6 Å². The van der Waals surface area contributed by atoms with Gasteiger partial charge in [-0.2, -0.15) is 0 Å². The molecule has 0 bridgehead atoms. The number of hydrogen-bond acceptors (Lipinski definition) is 4. The number of hydrogen-bond donors (Lipinski definition) is 1. The van der Waals surface area contributed by atoms with Crippen molar-refractivity contribution in [1.29, 1.82) is 0 Å². The minimum Gasteiger partial charge on any atom is -0.489 e. The molecule has 1 N–H and O–H groups in total. The Kier molecular flexibility index (Phi) is 6.80. The summed E-state index contributed by atoms with van der Waals surface area (Å²) in [5, 5.41) is 2.75. The fraction of sp³-hybridized carbons (Fsp3) is 0.167. The Morgan fingerprint density at radius 1 is 1.00 bits per heavy atom. The lowest BCUT2D eigenvalue weighted by Gasteiger charge is -2.15. The zero-order valence-corrected chi connectivity index (χ0v) is 16.7. The van der Waals surface area contributed by atoms with Crippen molar-refractivity contribution in [1.82, 2.24) is 0 Å². The van der Waals surface area contributed by atoms with Crippen LogP contribution in [0.2, 0.25) is 0 Å². The predicted molar refractivity (Wildman–Crippen MR) is 112 cm³/mol. The second-order valence-electron chi connectivity index (χ2n) is 6.79. The first-order chi connectivity index (χ1) is 14.4. The largest absolute Gasteiger partial charge is 0.489 e. The van der Waals surface area contributed by atoms with Crippen LogP contribution in [0.25, 0.3) is 0 Å². The molecular weight excluding hydrogens is 385 g/mol. The minimum atomic E-state index is -0.971. The van der Waals surface area contributed by atoms with E-state index in [0.29, 0.717) is 11.4 Å². The van der Waals surface area contributed by atoms with E-state index in [4.69, 9.17) is 9.47 Å². The standard InChI is InChI=1S/C24H22FNO4/c1-16-6-3-4-9-22(16)26-23(27)17(2)30-24(28)19-7-5-8-21(14-19)29-15-18-10-12-20(25)13-11-18/h3-14,17H,15H2,1-2H3,(H,26,27). The summed E-state index contributed by atoms with van der Waals surface area (Å²) in [4.78, 5) is 24.8. The predicted octanol–water partition coefficient (Wildman–Crippen LogP) is 4.90. The van der Waals surface area contributed by atoms with Gasteiger partial charge in [0.2, 0.25) is 0 Å². The van der Waals surface area contributed by atoms with Gasteiger partial charge in [0, 0.05) is 5.69 Å². The summed E-state index contributed by atoms with van der Waals surface area (Å²) in [6.45, 7) is 3.62. The highest BCUT2D eigenvalue weighted by Crippen LogP contribution is 2.18. The molecule has 3 rings (SSSR count). The Balaban J connectivity index is 1.58. The molecule has 0 aromatic heterocycles. The lowest BCUT2D eigenvalue weighted by molar-refractivity contribution is -0.123. The minimum absolute atomic E-state index is 0.230. The number of carbonyl (C=O) groups excluding carboxylic acids is 2. The average Bonchev–Trinajstić information content (AvgIpc) is 2.75. The molecule has 3 aromatic carbocycles. The van der Waals surface area contributed by atoms with Gasteiger partial charge in [-0.05, 0) is 61.4 Å². The molecule has 0 aliphatic rings. The normalized spacial score (nSPS) is 11.4. The van der Waals surface area contributed by atoms with Crippen molar-refractivity contribution < 1.29 is 23.5 Å². The number of carbonyl (C=O) groups is 2. The summed E-state index contributed by atoms with van der Waals surface area (Å²) < 4.78 is 23.9. The van der Waals surface area contributed by atoms with Crippen LogP contribution in [-0.2, 0) is 16.1 Å². The molecule has 1 amide bonds. The van der Waals surface area contributed by atoms with E-state index in [9.17, 15) is 14.0 Å². The van der Waals surface area contributed by atoms with E-state index in [1.807, 2.05) is 25.1 Å². The van der Waals surface area contributed by atoms with Gasteiger partial charge in [0.15, 0.2) is 6.10 Å². The molecule has 0 spiro atoms. The van der Waals surface area contributed by atoms with Crippen LogP contribution in [0.3, 0.4) is 0 Å². The topological polar surface area (TPSA) is 64.6 Å². The monoisotopic (exact) mass is 407 g/mol. The second kappa shape index (κ2) is 9.69. The summed E-state index contributed by atoms with van der Waals surface area (Å²) in [6, 6.07) is 19.8. The van der Waals surface area contributed by atoms with Gasteiger partial charge in [0.25, 0.3) is 5.91 Å². The summed E-state index contributed by atoms with van der Waals surface area (Å²) in [6.07, 6.45) is -0.971. The van der Waals surface area contributed by atoms with E-state index in [0.717, 1.165) is 11.1 Å². The molecule has 3 aromatic rings. The Bertz CT molecular complexity index is 1030. The van der Waals surface area contributed by atoms with E-state index in [1.165, 1.54) is 25.1 Å². The van der Waals surface area contributed by atoms with Gasteiger partial charge >= 0.3 is 5.97 Å². The van der Waals surface area contributed by atoms with Crippen molar-refractivity contribution in [2.75, 3.05) is 5.32 Å². The van der Waals surface area contributed by atoms with E-state index >= 15 is 0 Å². The summed E-state index contributed by atoms with van der Waals surface area (Å²) in [5.74, 6) is -0.897. The van der Waals surface area contributed by atoms with E-state index in [1.54, 1.807) is 36.4 Å². The van der Waals surface area contributed by atoms with E-state index in [2.05, 4.69) is 5.32 Å². The third-order valence-electron chi connectivity index (χ3n) is 4.44. The number of halogens is 1. The maximum absolute atomic E-state index is 13.0. The first kappa shape index (κ1) is 21.0. The molecule has 5 nitrogen and oxygen atoms in total. The van der Waals surface area contributed by atoms with Gasteiger partial charge in [-0.3, -0.25) is 4.79 Å². The number of aryl methyl sites for hydroxylation is 1. The molecule has 30 heavy (non-hydrogen) atoms. The third kappa shape index (κ3) is 5.67. The molecule has 0 heterocycles. The molecule has 0 saturated heterocycles. The van der Waals surface area contributed by atoms with Crippen molar-refractivity contribution in [2.45, 2.75) is 26.6 Å². The molecule has 6 heteroatoms. The highest BCUT2D eigenvalue weighted by molar-refractivity contribution is 5.97. The Morgan fingerprint density at radius 3 is 2.47 bits per heavy atom. The molecule has 0 aliphatic heterocycles. The van der Waals surface area contributed by atoms with Crippen LogP contribution in [0.15, 0.2) is 72.8 Å². The van der Waals surface area contributed by atoms with Gasteiger partial charge in [-0.1, -0.05) is 36.4 Å². The van der Waals surface area contributed by atoms with Crippen molar-refractivity contribution in [2.24, 2.45) is 0 Å². The van der Waals surface area contributed by atoms with Crippen LogP contribution in [0.4, 0.5) is 10.1 Å². The van der Waals surface area contributed by atoms with Gasteiger partial charge < -0.3 is 14.8 Å². The molecule has 0 fully saturated rings. The number of esters is 1. The number of benzene rings is 3. The second-order valence-corrected chi connectivity index (χ2v) is 6.79. The molecular formula is C24H22FNO4. The highest BCUT2D eigenvalue weighted by Gasteiger charge is 2.20. The Morgan fingerprint density at radius 2 is 1.73 bits per heavy atom. The number of para-hydroxylation sites is 1. The number of anilines is 1. The summed E-state index contributed by atoms with van der Waals surface area (Å²) >= 11 is 0. The molecule has 1 unspecified atom stereocenters. The smallest absolute Gasteiger partial charge is 0.339 e. The first-order valence-electron chi connectivity index (χ1n) is 9.47. The Hall–Kier alpha value is -3.67. The van der Waals surface area contributed by atoms with Crippen LogP contribution < -0.4 is 10.1 Å². The number of rotatable bonds is 7. The van der Waals surface area contributed by atoms with E-state index < -0.39 is 18.0 Å². The van der Waals surface area contributed by atoms with Crippen LogP contribution in [0.5, 0.6) is 5.75 Å². The van der Waals surface area contributed by atoms with Crippen LogP contribution in [0, 0.1) is 12.7 Å². The Labute approximate surface area is 174 Å². The maximum Gasteiger partial charge on any atom is 0.339 e. The van der Waals surface area contributed by atoms with E-state index in [-0.39, 0.29) is 18.0 Å². The first-order valence-corrected chi connectivity index (χ1v) is 9.47. The zero-order chi connectivity index (χ0) is 21.5. The van der Waals surface area contributed by atoms with Gasteiger partial charge in [-0.15, -0.1) is 0 Å². The number of nitrogens with one attached hydrogen (secondary N) is 1.